The van der Waals surface area contributed by atoms with Crippen LogP contribution in [-0.2, 0) is 5.75 Å². The Morgan fingerprint density at radius 2 is 1.91 bits per heavy atom. The minimum Gasteiger partial charge on any atom is -0.257 e. The van der Waals surface area contributed by atoms with Gasteiger partial charge < -0.3 is 0 Å². The summed E-state index contributed by atoms with van der Waals surface area (Å²) in [6.07, 6.45) is 0. The lowest BCUT2D eigenvalue weighted by Crippen LogP contribution is -1.89. The largest absolute Gasteiger partial charge is 0.257 e. The van der Waals surface area contributed by atoms with Gasteiger partial charge in [0.05, 0.1) is 0 Å². The summed E-state index contributed by atoms with van der Waals surface area (Å²) in [5, 5.41) is 0. The third-order valence-corrected chi connectivity index (χ3v) is 2.39. The van der Waals surface area contributed by atoms with E-state index in [1.54, 1.807) is 0 Å². The van der Waals surface area contributed by atoms with Gasteiger partial charge in [0.15, 0.2) is 0 Å². The highest BCUT2D eigenvalue weighted by atomic mass is 32.2. The SMILES string of the molecule is [NH]CCSCc1ccccc1. The molecule has 0 fully saturated rings. The third-order valence-electron chi connectivity index (χ3n) is 1.36. The lowest BCUT2D eigenvalue weighted by atomic mass is 10.2. The normalized spacial score (nSPS) is 9.91. The number of rotatable bonds is 4. The molecule has 0 amide bonds. The highest BCUT2D eigenvalue weighted by Crippen LogP contribution is 2.10. The Morgan fingerprint density at radius 1 is 1.18 bits per heavy atom. The van der Waals surface area contributed by atoms with E-state index in [1.165, 1.54) is 5.56 Å². The Labute approximate surface area is 72.0 Å². The molecule has 0 heterocycles. The van der Waals surface area contributed by atoms with E-state index in [0.29, 0.717) is 6.54 Å². The Hall–Kier alpha value is -0.470. The molecule has 0 unspecified atom stereocenters. The monoisotopic (exact) mass is 166 g/mol. The summed E-state index contributed by atoms with van der Waals surface area (Å²) in [6.45, 7) is 0.525. The van der Waals surface area contributed by atoms with Crippen molar-refractivity contribution >= 4 is 11.8 Å². The molecule has 0 bridgehead atoms. The van der Waals surface area contributed by atoms with Crippen LogP contribution in [0.25, 0.3) is 0 Å². The topological polar surface area (TPSA) is 23.8 Å². The van der Waals surface area contributed by atoms with Crippen LogP contribution in [0, 0.1) is 0 Å². The van der Waals surface area contributed by atoms with Crippen LogP contribution in [0.4, 0.5) is 0 Å². The maximum Gasteiger partial charge on any atom is 0.0191 e. The molecular weight excluding hydrogens is 154 g/mol. The zero-order valence-electron chi connectivity index (χ0n) is 6.42. The van der Waals surface area contributed by atoms with Crippen LogP contribution >= 0.6 is 11.8 Å². The molecule has 0 aromatic heterocycles. The van der Waals surface area contributed by atoms with Gasteiger partial charge in [-0.25, -0.2) is 0 Å². The molecule has 59 valence electrons. The Balaban J connectivity index is 2.28. The maximum atomic E-state index is 6.95. The molecule has 1 radical (unpaired) electrons. The van der Waals surface area contributed by atoms with Gasteiger partial charge in [-0.1, -0.05) is 30.3 Å². The fraction of sp³-hybridized carbons (Fsp3) is 0.333. The predicted molar refractivity (Wildman–Crippen MR) is 50.6 cm³/mol. The summed E-state index contributed by atoms with van der Waals surface area (Å²) in [4.78, 5) is 0. The second-order valence-electron chi connectivity index (χ2n) is 2.29. The first kappa shape index (κ1) is 8.62. The molecule has 0 aliphatic rings. The first-order valence-electron chi connectivity index (χ1n) is 3.70. The van der Waals surface area contributed by atoms with Gasteiger partial charge in [-0.3, -0.25) is 5.73 Å². The van der Waals surface area contributed by atoms with E-state index in [-0.39, 0.29) is 0 Å². The van der Waals surface area contributed by atoms with Gasteiger partial charge in [0.1, 0.15) is 0 Å². The highest BCUT2D eigenvalue weighted by Gasteiger charge is 1.89. The average molecular weight is 166 g/mol. The number of thioether (sulfide) groups is 1. The summed E-state index contributed by atoms with van der Waals surface area (Å²) < 4.78 is 0. The van der Waals surface area contributed by atoms with E-state index in [0.717, 1.165) is 11.5 Å². The van der Waals surface area contributed by atoms with Crippen molar-refractivity contribution in [3.63, 3.8) is 0 Å². The molecule has 0 spiro atoms. The molecule has 11 heavy (non-hydrogen) atoms. The fourth-order valence-corrected chi connectivity index (χ4v) is 1.55. The molecule has 2 heteroatoms. The smallest absolute Gasteiger partial charge is 0.0191 e. The van der Waals surface area contributed by atoms with Crippen LogP contribution in [0.3, 0.4) is 0 Å². The minimum atomic E-state index is 0.525. The number of hydrogen-bond acceptors (Lipinski definition) is 1. The lowest BCUT2D eigenvalue weighted by Gasteiger charge is -1.98. The van der Waals surface area contributed by atoms with Crippen molar-refractivity contribution in [2.75, 3.05) is 12.3 Å². The van der Waals surface area contributed by atoms with Crippen LogP contribution in [0.5, 0.6) is 0 Å². The van der Waals surface area contributed by atoms with E-state index in [2.05, 4.69) is 24.3 Å². The van der Waals surface area contributed by atoms with Crippen LogP contribution in [0.2, 0.25) is 0 Å². The van der Waals surface area contributed by atoms with Crippen molar-refractivity contribution in [2.24, 2.45) is 0 Å². The number of hydrogen-bond donors (Lipinski definition) is 0. The molecule has 1 rings (SSSR count). The molecular formula is C9H12NS. The molecule has 1 nitrogen and oxygen atoms in total. The van der Waals surface area contributed by atoms with Crippen molar-refractivity contribution in [3.8, 4) is 0 Å². The second kappa shape index (κ2) is 5.22. The molecule has 1 aromatic rings. The lowest BCUT2D eigenvalue weighted by molar-refractivity contribution is 1.10. The minimum absolute atomic E-state index is 0.525. The molecule has 0 aliphatic heterocycles. The van der Waals surface area contributed by atoms with Crippen molar-refractivity contribution in [1.29, 1.82) is 0 Å². The highest BCUT2D eigenvalue weighted by molar-refractivity contribution is 7.98. The molecule has 0 saturated heterocycles. The zero-order chi connectivity index (χ0) is 7.94. The van der Waals surface area contributed by atoms with E-state index in [4.69, 9.17) is 5.73 Å². The predicted octanol–water partition coefficient (Wildman–Crippen LogP) is 2.20. The number of nitrogens with one attached hydrogen (secondary N) is 1. The number of benzene rings is 1. The van der Waals surface area contributed by atoms with Crippen molar-refractivity contribution in [3.05, 3.63) is 35.9 Å². The standard InChI is InChI=1S/C9H12NS/c10-6-7-11-8-9-4-2-1-3-5-9/h1-5,10H,6-8H2. The molecule has 1 N–H and O–H groups in total. The molecule has 0 saturated carbocycles. The average Bonchev–Trinajstić information content (AvgIpc) is 2.07. The van der Waals surface area contributed by atoms with Gasteiger partial charge in [-0.15, -0.1) is 0 Å². The van der Waals surface area contributed by atoms with Crippen molar-refractivity contribution in [2.45, 2.75) is 5.75 Å². The Kier molecular flexibility index (Phi) is 4.09. The van der Waals surface area contributed by atoms with Crippen LogP contribution in [0.15, 0.2) is 30.3 Å². The van der Waals surface area contributed by atoms with Gasteiger partial charge in [0.2, 0.25) is 0 Å². The summed E-state index contributed by atoms with van der Waals surface area (Å²) >= 11 is 1.82. The van der Waals surface area contributed by atoms with E-state index >= 15 is 0 Å². The third kappa shape index (κ3) is 3.44. The van der Waals surface area contributed by atoms with E-state index in [1.807, 2.05) is 17.8 Å². The summed E-state index contributed by atoms with van der Waals surface area (Å²) in [7, 11) is 0. The van der Waals surface area contributed by atoms with Gasteiger partial charge >= 0.3 is 0 Å². The van der Waals surface area contributed by atoms with Gasteiger partial charge in [-0.2, -0.15) is 11.8 Å². The van der Waals surface area contributed by atoms with Crippen molar-refractivity contribution < 1.29 is 0 Å². The molecule has 0 aliphatic carbocycles. The van der Waals surface area contributed by atoms with E-state index < -0.39 is 0 Å². The summed E-state index contributed by atoms with van der Waals surface area (Å²) in [6, 6.07) is 10.4. The van der Waals surface area contributed by atoms with Crippen LogP contribution in [0.1, 0.15) is 5.56 Å². The summed E-state index contributed by atoms with van der Waals surface area (Å²) in [5.74, 6) is 1.98. The molecule has 1 aromatic carbocycles. The first-order chi connectivity index (χ1) is 5.43. The van der Waals surface area contributed by atoms with Gasteiger partial charge in [0, 0.05) is 18.1 Å². The second-order valence-corrected chi connectivity index (χ2v) is 3.39. The molecule has 0 atom stereocenters. The van der Waals surface area contributed by atoms with Gasteiger partial charge in [0.25, 0.3) is 0 Å². The zero-order valence-corrected chi connectivity index (χ0v) is 7.23. The first-order valence-corrected chi connectivity index (χ1v) is 4.85. The van der Waals surface area contributed by atoms with E-state index in [9.17, 15) is 0 Å². The Morgan fingerprint density at radius 3 is 2.55 bits per heavy atom. The van der Waals surface area contributed by atoms with Gasteiger partial charge in [-0.05, 0) is 5.56 Å². The summed E-state index contributed by atoms with van der Waals surface area (Å²) in [5.41, 5.74) is 8.30. The fourth-order valence-electron chi connectivity index (χ4n) is 0.836. The maximum absolute atomic E-state index is 6.95. The Bertz CT molecular complexity index is 186. The van der Waals surface area contributed by atoms with Crippen LogP contribution < -0.4 is 5.73 Å². The quantitative estimate of drug-likeness (QED) is 0.629. The van der Waals surface area contributed by atoms with Crippen LogP contribution in [-0.4, -0.2) is 12.3 Å². The van der Waals surface area contributed by atoms with Crippen molar-refractivity contribution in [1.82, 2.24) is 5.73 Å².